The summed E-state index contributed by atoms with van der Waals surface area (Å²) >= 11 is 0. The average Bonchev–Trinajstić information content (AvgIpc) is 1.86. The first-order valence-electron chi connectivity index (χ1n) is 1.18. The van der Waals surface area contributed by atoms with Crippen molar-refractivity contribution in [2.24, 2.45) is 0 Å². The van der Waals surface area contributed by atoms with Crippen molar-refractivity contribution < 1.29 is 0 Å². The molecule has 6 heavy (non-hydrogen) atoms. The summed E-state index contributed by atoms with van der Waals surface area (Å²) in [6.45, 7) is 0. The molecule has 0 aromatic carbocycles. The van der Waals surface area contributed by atoms with Gasteiger partial charge in [0.1, 0.15) is 0 Å². The maximum Gasteiger partial charge on any atom is 0.356 e. The Labute approximate surface area is 40.8 Å². The van der Waals surface area contributed by atoms with Gasteiger partial charge in [0.05, 0.1) is 0 Å². The lowest BCUT2D eigenvalue weighted by Gasteiger charge is -1.39. The minimum absolute atomic E-state index is 0.208. The fourth-order valence-electron chi connectivity index (χ4n) is 0.115. The molecule has 0 radical (unpaired) electrons. The van der Waals surface area contributed by atoms with Crippen LogP contribution >= 0.6 is 20.9 Å². The topological polar surface area (TPSA) is 42.9 Å². The molecule has 0 atom stereocenters. The third-order valence-corrected chi connectivity index (χ3v) is 1.56. The molecule has 1 heterocycles. The van der Waals surface area contributed by atoms with Gasteiger partial charge < -0.3 is 0 Å². The van der Waals surface area contributed by atoms with Crippen molar-refractivity contribution in [3.63, 3.8) is 0 Å². The first-order chi connectivity index (χ1) is 2.89. The molecule has 0 saturated carbocycles. The molecule has 0 N–H and O–H groups in total. The summed E-state index contributed by atoms with van der Waals surface area (Å²) in [6.07, 6.45) is 0. The molecule has 1 aromatic heterocycles. The first-order valence-corrected chi connectivity index (χ1v) is 3.29. The minimum atomic E-state index is -0.208. The number of hydrogen-bond acceptors (Lipinski definition) is 5. The number of nitrogens with zero attached hydrogens (tertiary/aromatic N) is 2. The summed E-state index contributed by atoms with van der Waals surface area (Å²) in [5.41, 5.74) is 0. The molecule has 0 amide bonds. The summed E-state index contributed by atoms with van der Waals surface area (Å²) in [5, 5.41) is 3.15. The quantitative estimate of drug-likeness (QED) is 0.451. The van der Waals surface area contributed by atoms with E-state index in [4.69, 9.17) is 0 Å². The van der Waals surface area contributed by atoms with Crippen LogP contribution in [0.25, 0.3) is 0 Å². The van der Waals surface area contributed by atoms with Crippen molar-refractivity contribution in [3.8, 4) is 0 Å². The molecule has 32 valence electrons. The van der Waals surface area contributed by atoms with E-state index < -0.39 is 0 Å². The SMILES string of the molecule is O=c1nnss1. The minimum Gasteiger partial charge on any atom is -0.252 e. The molecule has 0 saturated heterocycles. The van der Waals surface area contributed by atoms with Gasteiger partial charge in [-0.25, -0.2) is 0 Å². The van der Waals surface area contributed by atoms with Gasteiger partial charge in [-0.15, -0.1) is 0 Å². The Morgan fingerprint density at radius 1 is 1.67 bits per heavy atom. The zero-order valence-electron chi connectivity index (χ0n) is 2.62. The summed E-state index contributed by atoms with van der Waals surface area (Å²) < 4.78 is 3.32. The Bertz CT molecular complexity index is 149. The van der Waals surface area contributed by atoms with Crippen LogP contribution in [-0.2, 0) is 0 Å². The zero-order valence-corrected chi connectivity index (χ0v) is 4.25. The van der Waals surface area contributed by atoms with E-state index in [0.717, 1.165) is 20.9 Å². The number of hydrogen-bond donors (Lipinski definition) is 0. The molecule has 1 aromatic rings. The molecule has 1 rings (SSSR count). The fraction of sp³-hybridized carbons (Fsp3) is 0. The molecule has 0 unspecified atom stereocenters. The molecule has 0 fully saturated rings. The second kappa shape index (κ2) is 1.44. The van der Waals surface area contributed by atoms with Crippen LogP contribution in [0.2, 0.25) is 0 Å². The highest BCUT2D eigenvalue weighted by atomic mass is 32.9. The van der Waals surface area contributed by atoms with Crippen LogP contribution in [0.15, 0.2) is 4.79 Å². The van der Waals surface area contributed by atoms with Crippen molar-refractivity contribution in [1.82, 2.24) is 9.59 Å². The Kier molecular flexibility index (Phi) is 0.932. The van der Waals surface area contributed by atoms with Crippen molar-refractivity contribution in [1.29, 1.82) is 0 Å². The standard InChI is InChI=1S/CN2OS2/c4-1-2-3-6-5-1. The first kappa shape index (κ1) is 3.89. The summed E-state index contributed by atoms with van der Waals surface area (Å²) in [6, 6.07) is 0. The van der Waals surface area contributed by atoms with E-state index in [1.807, 2.05) is 0 Å². The molecule has 3 nitrogen and oxygen atoms in total. The van der Waals surface area contributed by atoms with Crippen LogP contribution in [0.1, 0.15) is 0 Å². The van der Waals surface area contributed by atoms with Gasteiger partial charge in [0.15, 0.2) is 0 Å². The molecule has 0 bridgehead atoms. The highest BCUT2D eigenvalue weighted by Crippen LogP contribution is 1.85. The van der Waals surface area contributed by atoms with Crippen molar-refractivity contribution in [2.45, 2.75) is 0 Å². The Morgan fingerprint density at radius 2 is 2.50 bits per heavy atom. The number of rotatable bonds is 0. The molecule has 0 aliphatic carbocycles. The van der Waals surface area contributed by atoms with Crippen LogP contribution in [0, 0.1) is 0 Å². The van der Waals surface area contributed by atoms with Gasteiger partial charge in [-0.05, 0) is 0 Å². The average molecular weight is 120 g/mol. The van der Waals surface area contributed by atoms with Gasteiger partial charge in [0, 0.05) is 20.9 Å². The van der Waals surface area contributed by atoms with E-state index in [0.29, 0.717) is 0 Å². The monoisotopic (exact) mass is 120 g/mol. The van der Waals surface area contributed by atoms with Crippen LogP contribution in [0.4, 0.5) is 0 Å². The molecule has 0 aliphatic rings. The van der Waals surface area contributed by atoms with Gasteiger partial charge in [0.25, 0.3) is 0 Å². The molecule has 0 aliphatic heterocycles. The van der Waals surface area contributed by atoms with Gasteiger partial charge in [-0.2, -0.15) is 0 Å². The predicted molar refractivity (Wildman–Crippen MR) is 24.1 cm³/mol. The molecule has 0 spiro atoms. The van der Waals surface area contributed by atoms with E-state index in [2.05, 4.69) is 9.59 Å². The predicted octanol–water partition coefficient (Wildman–Crippen LogP) is -0.0402. The Morgan fingerprint density at radius 3 is 2.67 bits per heavy atom. The van der Waals surface area contributed by atoms with Crippen molar-refractivity contribution in [3.05, 3.63) is 9.67 Å². The zero-order chi connectivity index (χ0) is 4.41. The van der Waals surface area contributed by atoms with Gasteiger partial charge in [-0.3, -0.25) is 4.79 Å². The summed E-state index contributed by atoms with van der Waals surface area (Å²) in [5.74, 6) is 0. The van der Waals surface area contributed by atoms with E-state index in [-0.39, 0.29) is 4.87 Å². The Hall–Kier alpha value is -0.290. The normalized spacial score (nSPS) is 8.67. The highest BCUT2D eigenvalue weighted by molar-refractivity contribution is 7.65. The van der Waals surface area contributed by atoms with E-state index in [9.17, 15) is 4.79 Å². The number of aromatic nitrogens is 2. The van der Waals surface area contributed by atoms with Gasteiger partial charge in [-0.1, -0.05) is 9.59 Å². The van der Waals surface area contributed by atoms with Crippen LogP contribution in [0.5, 0.6) is 0 Å². The summed E-state index contributed by atoms with van der Waals surface area (Å²) in [7, 11) is 2.15. The molecular formula is CN2OS2. The largest absolute Gasteiger partial charge is 0.356 e. The maximum absolute atomic E-state index is 9.92. The smallest absolute Gasteiger partial charge is 0.252 e. The van der Waals surface area contributed by atoms with Crippen LogP contribution in [0.3, 0.4) is 0 Å². The lowest BCUT2D eigenvalue weighted by Crippen LogP contribution is -1.90. The highest BCUT2D eigenvalue weighted by Gasteiger charge is 1.78. The van der Waals surface area contributed by atoms with E-state index >= 15 is 0 Å². The van der Waals surface area contributed by atoms with Gasteiger partial charge in [0.2, 0.25) is 0 Å². The molecule has 5 heteroatoms. The van der Waals surface area contributed by atoms with Crippen molar-refractivity contribution in [2.75, 3.05) is 0 Å². The van der Waals surface area contributed by atoms with Crippen LogP contribution in [-0.4, -0.2) is 9.59 Å². The third-order valence-electron chi connectivity index (χ3n) is 0.264. The third kappa shape index (κ3) is 0.605. The Balaban J connectivity index is 3.41. The maximum atomic E-state index is 9.92. The van der Waals surface area contributed by atoms with Crippen LogP contribution < -0.4 is 4.87 Å². The second-order valence-corrected chi connectivity index (χ2v) is 2.38. The lowest BCUT2D eigenvalue weighted by atomic mass is 11.6. The van der Waals surface area contributed by atoms with Crippen molar-refractivity contribution >= 4 is 20.9 Å². The fourth-order valence-corrected chi connectivity index (χ4v) is 0.937. The summed E-state index contributed by atoms with van der Waals surface area (Å²) in [4.78, 5) is 9.72. The van der Waals surface area contributed by atoms with Gasteiger partial charge >= 0.3 is 4.87 Å². The molecular weight excluding hydrogens is 120 g/mol. The second-order valence-electron chi connectivity index (χ2n) is 0.605. The lowest BCUT2D eigenvalue weighted by molar-refractivity contribution is 1.12. The van der Waals surface area contributed by atoms with E-state index in [1.165, 1.54) is 0 Å². The van der Waals surface area contributed by atoms with E-state index in [1.54, 1.807) is 0 Å².